The van der Waals surface area contributed by atoms with Crippen molar-refractivity contribution >= 4 is 17.5 Å². The lowest BCUT2D eigenvalue weighted by molar-refractivity contribution is -0.121. The Labute approximate surface area is 99.3 Å². The number of aromatic nitrogens is 1. The molecule has 0 radical (unpaired) electrons. The minimum atomic E-state index is -0.00915. The van der Waals surface area contributed by atoms with E-state index in [9.17, 15) is 4.79 Å². The van der Waals surface area contributed by atoms with Crippen LogP contribution in [0.3, 0.4) is 0 Å². The Kier molecular flexibility index (Phi) is 5.28. The van der Waals surface area contributed by atoms with Gasteiger partial charge in [0.1, 0.15) is 0 Å². The summed E-state index contributed by atoms with van der Waals surface area (Å²) < 4.78 is 4.79. The van der Waals surface area contributed by atoms with Gasteiger partial charge in [0.25, 0.3) is 0 Å². The molecule has 1 heterocycles. The van der Waals surface area contributed by atoms with E-state index in [2.05, 4.69) is 10.5 Å². The zero-order valence-electron chi connectivity index (χ0n) is 9.25. The fraction of sp³-hybridized carbons (Fsp3) is 0.600. The predicted octanol–water partition coefficient (Wildman–Crippen LogP) is 1.03. The molecule has 0 unspecified atom stereocenters. The van der Waals surface area contributed by atoms with E-state index >= 15 is 0 Å². The number of carbonyl (C=O) groups excluding carboxylic acids is 1. The van der Waals surface area contributed by atoms with Gasteiger partial charge in [0.2, 0.25) is 11.1 Å². The highest BCUT2D eigenvalue weighted by Crippen LogP contribution is 2.20. The van der Waals surface area contributed by atoms with Gasteiger partial charge in [-0.25, -0.2) is 0 Å². The number of hydrogen-bond donors (Lipinski definition) is 2. The Hall–Kier alpha value is -1.07. The molecule has 0 spiro atoms. The molecule has 0 aliphatic rings. The molecule has 16 heavy (non-hydrogen) atoms. The van der Waals surface area contributed by atoms with E-state index in [4.69, 9.17) is 21.9 Å². The monoisotopic (exact) mass is 245 g/mol. The molecule has 0 aromatic carbocycles. The Morgan fingerprint density at radius 1 is 1.62 bits per heavy atom. The van der Waals surface area contributed by atoms with Gasteiger partial charge in [-0.2, -0.15) is 0 Å². The van der Waals surface area contributed by atoms with Crippen molar-refractivity contribution in [3.63, 3.8) is 0 Å². The lowest BCUT2D eigenvalue weighted by Gasteiger charge is -2.03. The number of hydrogen-bond acceptors (Lipinski definition) is 4. The van der Waals surface area contributed by atoms with E-state index in [1.54, 1.807) is 6.92 Å². The van der Waals surface area contributed by atoms with Gasteiger partial charge in [0.15, 0.2) is 0 Å². The number of rotatable bonds is 6. The van der Waals surface area contributed by atoms with Crippen LogP contribution in [0.5, 0.6) is 0 Å². The molecule has 1 amide bonds. The first kappa shape index (κ1) is 13.0. The predicted molar refractivity (Wildman–Crippen MR) is 61.3 cm³/mol. The molecular weight excluding hydrogens is 230 g/mol. The number of halogens is 1. The molecule has 0 aliphatic carbocycles. The molecule has 0 saturated heterocycles. The van der Waals surface area contributed by atoms with E-state index < -0.39 is 0 Å². The second kappa shape index (κ2) is 6.50. The average molecular weight is 246 g/mol. The molecule has 1 aromatic heterocycles. The summed E-state index contributed by atoms with van der Waals surface area (Å²) in [6.45, 7) is 3.00. The number of nitrogens with one attached hydrogen (secondary N) is 1. The topological polar surface area (TPSA) is 81.2 Å². The van der Waals surface area contributed by atoms with Gasteiger partial charge in [0.05, 0.1) is 5.69 Å². The lowest BCUT2D eigenvalue weighted by Crippen LogP contribution is -2.26. The summed E-state index contributed by atoms with van der Waals surface area (Å²) >= 11 is 5.78. The molecule has 1 aromatic rings. The maximum absolute atomic E-state index is 11.4. The summed E-state index contributed by atoms with van der Waals surface area (Å²) in [6, 6.07) is 0. The van der Waals surface area contributed by atoms with E-state index in [-0.39, 0.29) is 11.1 Å². The summed E-state index contributed by atoms with van der Waals surface area (Å²) in [7, 11) is 0. The number of amides is 1. The zero-order valence-corrected chi connectivity index (χ0v) is 10.0. The number of nitrogens with zero attached hydrogens (tertiary/aromatic N) is 1. The van der Waals surface area contributed by atoms with Crippen molar-refractivity contribution in [2.45, 2.75) is 26.2 Å². The third-order valence-corrected chi connectivity index (χ3v) is 2.54. The van der Waals surface area contributed by atoms with E-state index in [0.717, 1.165) is 17.7 Å². The van der Waals surface area contributed by atoms with Crippen molar-refractivity contribution in [3.05, 3.63) is 16.5 Å². The molecule has 5 nitrogen and oxygen atoms in total. The highest BCUT2D eigenvalue weighted by atomic mass is 35.5. The minimum Gasteiger partial charge on any atom is -0.356 e. The summed E-state index contributed by atoms with van der Waals surface area (Å²) in [6.07, 6.45) is 1.72. The van der Waals surface area contributed by atoms with Gasteiger partial charge in [-0.3, -0.25) is 4.79 Å². The quantitative estimate of drug-likeness (QED) is 0.734. The van der Waals surface area contributed by atoms with Crippen LogP contribution >= 0.6 is 11.6 Å². The molecule has 0 aliphatic heterocycles. The van der Waals surface area contributed by atoms with Gasteiger partial charge in [-0.15, -0.1) is 0 Å². The molecule has 0 saturated carbocycles. The fourth-order valence-electron chi connectivity index (χ4n) is 1.30. The van der Waals surface area contributed by atoms with Crippen molar-refractivity contribution in [2.24, 2.45) is 5.73 Å². The maximum atomic E-state index is 11.4. The standard InChI is InChI=1S/C10H16ClN3O2/c1-7-8(10(11)16-14-7)3-4-9(15)13-6-2-5-12/h2-6,12H2,1H3,(H,13,15). The van der Waals surface area contributed by atoms with Crippen LogP contribution in [0.15, 0.2) is 4.52 Å². The van der Waals surface area contributed by atoms with Crippen LogP contribution < -0.4 is 11.1 Å². The van der Waals surface area contributed by atoms with Gasteiger partial charge < -0.3 is 15.6 Å². The van der Waals surface area contributed by atoms with Crippen molar-refractivity contribution in [3.8, 4) is 0 Å². The molecule has 0 bridgehead atoms. The lowest BCUT2D eigenvalue weighted by atomic mass is 10.1. The SMILES string of the molecule is Cc1noc(Cl)c1CCC(=O)NCCCN. The summed E-state index contributed by atoms with van der Waals surface area (Å²) in [5, 5.41) is 6.76. The van der Waals surface area contributed by atoms with Crippen molar-refractivity contribution < 1.29 is 9.32 Å². The molecule has 6 heteroatoms. The minimum absolute atomic E-state index is 0.00915. The number of carbonyl (C=O) groups is 1. The number of nitrogens with two attached hydrogens (primary N) is 1. The molecule has 1 rings (SSSR count). The second-order valence-electron chi connectivity index (χ2n) is 3.51. The Morgan fingerprint density at radius 3 is 2.94 bits per heavy atom. The first-order valence-electron chi connectivity index (χ1n) is 5.22. The second-order valence-corrected chi connectivity index (χ2v) is 3.86. The molecular formula is C10H16ClN3O2. The molecule has 90 valence electrons. The highest BCUT2D eigenvalue weighted by molar-refractivity contribution is 6.29. The van der Waals surface area contributed by atoms with E-state index in [0.29, 0.717) is 25.9 Å². The maximum Gasteiger partial charge on any atom is 0.229 e. The third kappa shape index (κ3) is 3.83. The highest BCUT2D eigenvalue weighted by Gasteiger charge is 2.12. The Bertz CT molecular complexity index is 332. The van der Waals surface area contributed by atoms with Gasteiger partial charge >= 0.3 is 0 Å². The van der Waals surface area contributed by atoms with Gasteiger partial charge in [-0.05, 0) is 37.9 Å². The molecule has 3 N–H and O–H groups in total. The smallest absolute Gasteiger partial charge is 0.229 e. The van der Waals surface area contributed by atoms with Gasteiger partial charge in [-0.1, -0.05) is 5.16 Å². The normalized spacial score (nSPS) is 10.4. The summed E-state index contributed by atoms with van der Waals surface area (Å²) in [5.41, 5.74) is 6.85. The van der Waals surface area contributed by atoms with Crippen molar-refractivity contribution in [1.82, 2.24) is 10.5 Å². The van der Waals surface area contributed by atoms with Crippen LogP contribution in [0, 0.1) is 6.92 Å². The third-order valence-electron chi connectivity index (χ3n) is 2.24. The fourth-order valence-corrected chi connectivity index (χ4v) is 1.56. The van der Waals surface area contributed by atoms with Crippen LogP contribution in [0.25, 0.3) is 0 Å². The van der Waals surface area contributed by atoms with Crippen LogP contribution in [0.2, 0.25) is 5.22 Å². The molecule has 0 fully saturated rings. The van der Waals surface area contributed by atoms with E-state index in [1.165, 1.54) is 0 Å². The largest absolute Gasteiger partial charge is 0.356 e. The van der Waals surface area contributed by atoms with Crippen molar-refractivity contribution in [1.29, 1.82) is 0 Å². The summed E-state index contributed by atoms with van der Waals surface area (Å²) in [5.74, 6) is -0.00915. The van der Waals surface area contributed by atoms with Crippen LogP contribution in [-0.4, -0.2) is 24.2 Å². The number of aryl methyl sites for hydroxylation is 1. The first-order valence-corrected chi connectivity index (χ1v) is 5.60. The van der Waals surface area contributed by atoms with Crippen LogP contribution in [-0.2, 0) is 11.2 Å². The van der Waals surface area contributed by atoms with Crippen LogP contribution in [0.4, 0.5) is 0 Å². The molecule has 0 atom stereocenters. The first-order chi connectivity index (χ1) is 7.65. The van der Waals surface area contributed by atoms with Crippen LogP contribution in [0.1, 0.15) is 24.1 Å². The average Bonchev–Trinajstić information content (AvgIpc) is 2.57. The van der Waals surface area contributed by atoms with E-state index in [1.807, 2.05) is 0 Å². The van der Waals surface area contributed by atoms with Gasteiger partial charge in [0, 0.05) is 18.5 Å². The van der Waals surface area contributed by atoms with Crippen molar-refractivity contribution in [2.75, 3.05) is 13.1 Å². The summed E-state index contributed by atoms with van der Waals surface area (Å²) in [4.78, 5) is 11.4. The Balaban J connectivity index is 2.32. The zero-order chi connectivity index (χ0) is 12.0. The Morgan fingerprint density at radius 2 is 2.38 bits per heavy atom.